The highest BCUT2D eigenvalue weighted by molar-refractivity contribution is 5.96. The quantitative estimate of drug-likeness (QED) is 0.857. The molecule has 0 unspecified atom stereocenters. The Morgan fingerprint density at radius 3 is 2.52 bits per heavy atom. The summed E-state index contributed by atoms with van der Waals surface area (Å²) in [5.41, 5.74) is 0.916. The van der Waals surface area contributed by atoms with Crippen LogP contribution in [0.15, 0.2) is 48.5 Å². The van der Waals surface area contributed by atoms with Crippen LogP contribution in [-0.2, 0) is 11.2 Å². The SMILES string of the molecule is COc1cccc(C[C@@H](NC(=O)c2ccc(F)cc2)C(=O)O)c1. The highest BCUT2D eigenvalue weighted by atomic mass is 19.1. The smallest absolute Gasteiger partial charge is 0.326 e. The van der Waals surface area contributed by atoms with E-state index in [1.54, 1.807) is 24.3 Å². The van der Waals surface area contributed by atoms with Crippen molar-refractivity contribution in [2.45, 2.75) is 12.5 Å². The second-order valence-electron chi connectivity index (χ2n) is 4.93. The molecule has 0 aliphatic heterocycles. The van der Waals surface area contributed by atoms with Crippen molar-refractivity contribution in [3.8, 4) is 5.75 Å². The monoisotopic (exact) mass is 317 g/mol. The zero-order valence-electron chi connectivity index (χ0n) is 12.5. The third-order valence-corrected chi connectivity index (χ3v) is 3.28. The number of hydrogen-bond acceptors (Lipinski definition) is 3. The van der Waals surface area contributed by atoms with Gasteiger partial charge in [0.1, 0.15) is 17.6 Å². The second-order valence-corrected chi connectivity index (χ2v) is 4.93. The average molecular weight is 317 g/mol. The number of amides is 1. The van der Waals surface area contributed by atoms with Gasteiger partial charge in [-0.3, -0.25) is 4.79 Å². The minimum atomic E-state index is -1.15. The van der Waals surface area contributed by atoms with E-state index < -0.39 is 23.7 Å². The van der Waals surface area contributed by atoms with Crippen LogP contribution in [0.3, 0.4) is 0 Å². The molecule has 0 aliphatic carbocycles. The molecule has 0 spiro atoms. The van der Waals surface area contributed by atoms with E-state index in [9.17, 15) is 19.1 Å². The number of rotatable bonds is 6. The van der Waals surface area contributed by atoms with E-state index in [-0.39, 0.29) is 12.0 Å². The van der Waals surface area contributed by atoms with E-state index in [4.69, 9.17) is 4.74 Å². The molecule has 0 saturated heterocycles. The third kappa shape index (κ3) is 4.54. The number of carbonyl (C=O) groups excluding carboxylic acids is 1. The van der Waals surface area contributed by atoms with Gasteiger partial charge in [-0.2, -0.15) is 0 Å². The fourth-order valence-corrected chi connectivity index (χ4v) is 2.08. The Labute approximate surface area is 132 Å². The van der Waals surface area contributed by atoms with Gasteiger partial charge >= 0.3 is 5.97 Å². The van der Waals surface area contributed by atoms with Gasteiger partial charge in [-0.15, -0.1) is 0 Å². The Bertz CT molecular complexity index is 700. The summed E-state index contributed by atoms with van der Waals surface area (Å²) in [5, 5.41) is 11.7. The maximum Gasteiger partial charge on any atom is 0.326 e. The van der Waals surface area contributed by atoms with Gasteiger partial charge in [0.2, 0.25) is 0 Å². The average Bonchev–Trinajstić information content (AvgIpc) is 2.54. The van der Waals surface area contributed by atoms with E-state index in [0.29, 0.717) is 5.75 Å². The lowest BCUT2D eigenvalue weighted by Gasteiger charge is -2.15. The summed E-state index contributed by atoms with van der Waals surface area (Å²) in [4.78, 5) is 23.4. The largest absolute Gasteiger partial charge is 0.497 e. The molecule has 0 bridgehead atoms. The predicted molar refractivity (Wildman–Crippen MR) is 82.0 cm³/mol. The number of methoxy groups -OCH3 is 1. The molecule has 0 fully saturated rings. The molecule has 0 radical (unpaired) electrons. The van der Waals surface area contributed by atoms with Gasteiger partial charge in [0, 0.05) is 12.0 Å². The molecule has 0 saturated carbocycles. The standard InChI is InChI=1S/C17H16FNO4/c1-23-14-4-2-3-11(9-14)10-15(17(21)22)19-16(20)12-5-7-13(18)8-6-12/h2-9,15H,10H2,1H3,(H,19,20)(H,21,22)/t15-/m1/s1. The molecule has 2 N–H and O–H groups in total. The van der Waals surface area contributed by atoms with Gasteiger partial charge in [-0.1, -0.05) is 12.1 Å². The summed E-state index contributed by atoms with van der Waals surface area (Å²) in [6.45, 7) is 0. The van der Waals surface area contributed by atoms with Gasteiger partial charge in [0.25, 0.3) is 5.91 Å². The summed E-state index contributed by atoms with van der Waals surface area (Å²) in [5.74, 6) is -1.58. The van der Waals surface area contributed by atoms with E-state index in [1.165, 1.54) is 19.2 Å². The lowest BCUT2D eigenvalue weighted by molar-refractivity contribution is -0.139. The van der Waals surface area contributed by atoms with Crippen LogP contribution in [0, 0.1) is 5.82 Å². The molecule has 0 aliphatic rings. The number of benzene rings is 2. The first-order chi connectivity index (χ1) is 11.0. The Kier molecular flexibility index (Phi) is 5.30. The van der Waals surface area contributed by atoms with Crippen LogP contribution in [0.5, 0.6) is 5.75 Å². The topological polar surface area (TPSA) is 75.6 Å². The predicted octanol–water partition coefficient (Wildman–Crippen LogP) is 2.26. The maximum absolute atomic E-state index is 12.9. The highest BCUT2D eigenvalue weighted by Crippen LogP contribution is 2.14. The van der Waals surface area contributed by atoms with Crippen LogP contribution in [0.1, 0.15) is 15.9 Å². The molecule has 2 aromatic rings. The van der Waals surface area contributed by atoms with Crippen LogP contribution in [0.4, 0.5) is 4.39 Å². The zero-order chi connectivity index (χ0) is 16.8. The van der Waals surface area contributed by atoms with Crippen molar-refractivity contribution in [2.24, 2.45) is 0 Å². The van der Waals surface area contributed by atoms with Crippen molar-refractivity contribution in [1.29, 1.82) is 0 Å². The molecule has 0 heterocycles. The van der Waals surface area contributed by atoms with Crippen LogP contribution < -0.4 is 10.1 Å². The number of halogens is 1. The Hall–Kier alpha value is -2.89. The molecular weight excluding hydrogens is 301 g/mol. The van der Waals surface area contributed by atoms with Gasteiger partial charge in [0.05, 0.1) is 7.11 Å². The molecule has 6 heteroatoms. The maximum atomic E-state index is 12.9. The number of ether oxygens (including phenoxy) is 1. The zero-order valence-corrected chi connectivity index (χ0v) is 12.5. The molecule has 1 amide bonds. The Morgan fingerprint density at radius 2 is 1.91 bits per heavy atom. The van der Waals surface area contributed by atoms with Crippen LogP contribution in [-0.4, -0.2) is 30.1 Å². The minimum absolute atomic E-state index is 0.111. The number of hydrogen-bond donors (Lipinski definition) is 2. The van der Waals surface area contributed by atoms with Crippen molar-refractivity contribution < 1.29 is 23.8 Å². The van der Waals surface area contributed by atoms with E-state index in [1.807, 2.05) is 0 Å². The van der Waals surface area contributed by atoms with Gasteiger partial charge < -0.3 is 15.2 Å². The third-order valence-electron chi connectivity index (χ3n) is 3.28. The summed E-state index contributed by atoms with van der Waals surface area (Å²) in [6, 6.07) is 10.7. The van der Waals surface area contributed by atoms with Crippen molar-refractivity contribution in [2.75, 3.05) is 7.11 Å². The molecule has 2 rings (SSSR count). The fourth-order valence-electron chi connectivity index (χ4n) is 2.08. The first-order valence-corrected chi connectivity index (χ1v) is 6.92. The van der Waals surface area contributed by atoms with E-state index in [0.717, 1.165) is 17.7 Å². The number of carboxylic acids is 1. The molecule has 120 valence electrons. The first-order valence-electron chi connectivity index (χ1n) is 6.92. The molecule has 23 heavy (non-hydrogen) atoms. The Morgan fingerprint density at radius 1 is 1.22 bits per heavy atom. The summed E-state index contributed by atoms with van der Waals surface area (Å²) in [7, 11) is 1.52. The van der Waals surface area contributed by atoms with Crippen molar-refractivity contribution in [3.05, 3.63) is 65.5 Å². The Balaban J connectivity index is 2.10. The number of carbonyl (C=O) groups is 2. The summed E-state index contributed by atoms with van der Waals surface area (Å²) >= 11 is 0. The lowest BCUT2D eigenvalue weighted by Crippen LogP contribution is -2.42. The minimum Gasteiger partial charge on any atom is -0.497 e. The van der Waals surface area contributed by atoms with Crippen molar-refractivity contribution >= 4 is 11.9 Å². The van der Waals surface area contributed by atoms with Crippen molar-refractivity contribution in [3.63, 3.8) is 0 Å². The number of carboxylic acid groups (broad SMARTS) is 1. The van der Waals surface area contributed by atoms with Crippen molar-refractivity contribution in [1.82, 2.24) is 5.32 Å². The van der Waals surface area contributed by atoms with Crippen LogP contribution in [0.2, 0.25) is 0 Å². The normalized spacial score (nSPS) is 11.6. The van der Waals surface area contributed by atoms with Crippen LogP contribution >= 0.6 is 0 Å². The van der Waals surface area contributed by atoms with Crippen LogP contribution in [0.25, 0.3) is 0 Å². The molecule has 2 aromatic carbocycles. The van der Waals surface area contributed by atoms with Gasteiger partial charge in [0.15, 0.2) is 0 Å². The lowest BCUT2D eigenvalue weighted by atomic mass is 10.0. The number of nitrogens with one attached hydrogen (secondary N) is 1. The highest BCUT2D eigenvalue weighted by Gasteiger charge is 2.21. The second kappa shape index (κ2) is 7.40. The number of aliphatic carboxylic acids is 1. The summed E-state index contributed by atoms with van der Waals surface area (Å²) in [6.07, 6.45) is 0.111. The van der Waals surface area contributed by atoms with Gasteiger partial charge in [-0.25, -0.2) is 9.18 Å². The molecular formula is C17H16FNO4. The van der Waals surface area contributed by atoms with E-state index in [2.05, 4.69) is 5.32 Å². The van der Waals surface area contributed by atoms with Gasteiger partial charge in [-0.05, 0) is 42.0 Å². The fraction of sp³-hybridized carbons (Fsp3) is 0.176. The molecule has 1 atom stereocenters. The first kappa shape index (κ1) is 16.5. The summed E-state index contributed by atoms with van der Waals surface area (Å²) < 4.78 is 18.0. The molecule has 0 aromatic heterocycles. The molecule has 5 nitrogen and oxygen atoms in total. The van der Waals surface area contributed by atoms with E-state index >= 15 is 0 Å².